The Hall–Kier alpha value is -0.0300. The summed E-state index contributed by atoms with van der Waals surface area (Å²) in [5, 5.41) is 8.74. The second kappa shape index (κ2) is 5.59. The van der Waals surface area contributed by atoms with Crippen LogP contribution in [0.5, 0.6) is 0 Å². The minimum Gasteiger partial charge on any atom is -0.251 e. The van der Waals surface area contributed by atoms with Gasteiger partial charge in [0.25, 0.3) is 0 Å². The summed E-state index contributed by atoms with van der Waals surface area (Å²) in [6, 6.07) is 0. The Morgan fingerprint density at radius 2 is 2.50 bits per heavy atom. The fourth-order valence-electron chi connectivity index (χ4n) is 0.811. The van der Waals surface area contributed by atoms with Crippen LogP contribution in [0.2, 0.25) is 0 Å². The molecule has 0 saturated heterocycles. The van der Waals surface area contributed by atoms with E-state index in [2.05, 4.69) is 33.2 Å². The van der Waals surface area contributed by atoms with Gasteiger partial charge >= 0.3 is 0 Å². The molecule has 5 heteroatoms. The number of thioether (sulfide) groups is 1. The van der Waals surface area contributed by atoms with Crippen LogP contribution in [0.3, 0.4) is 0 Å². The number of halogens is 1. The van der Waals surface area contributed by atoms with E-state index in [0.717, 1.165) is 23.3 Å². The molecule has 12 heavy (non-hydrogen) atoms. The van der Waals surface area contributed by atoms with Crippen molar-refractivity contribution in [2.75, 3.05) is 11.5 Å². The molecule has 0 aliphatic rings. The van der Waals surface area contributed by atoms with E-state index >= 15 is 0 Å². The molecular weight excluding hydrogens is 238 g/mol. The Labute approximate surface area is 85.0 Å². The number of aryl methyl sites for hydroxylation is 1. The number of hydrogen-bond donors (Lipinski definition) is 0. The molecule has 0 saturated carbocycles. The van der Waals surface area contributed by atoms with E-state index in [-0.39, 0.29) is 0 Å². The predicted molar refractivity (Wildman–Crippen MR) is 55.7 cm³/mol. The van der Waals surface area contributed by atoms with E-state index in [0.29, 0.717) is 0 Å². The average molecular weight is 250 g/mol. The largest absolute Gasteiger partial charge is 0.251 e. The summed E-state index contributed by atoms with van der Waals surface area (Å²) in [7, 11) is 0. The fourth-order valence-corrected chi connectivity index (χ4v) is 1.67. The zero-order valence-corrected chi connectivity index (χ0v) is 9.44. The first-order chi connectivity index (χ1) is 5.86. The first-order valence-electron chi connectivity index (χ1n) is 3.89. The van der Waals surface area contributed by atoms with Gasteiger partial charge in [-0.05, 0) is 5.75 Å². The van der Waals surface area contributed by atoms with Gasteiger partial charge in [0.1, 0.15) is 0 Å². The normalized spacial score (nSPS) is 10.5. The zero-order chi connectivity index (χ0) is 8.81. The molecule has 1 heterocycles. The van der Waals surface area contributed by atoms with Crippen molar-refractivity contribution >= 4 is 27.7 Å². The van der Waals surface area contributed by atoms with Crippen LogP contribution in [0.4, 0.5) is 0 Å². The lowest BCUT2D eigenvalue weighted by Crippen LogP contribution is -2.01. The van der Waals surface area contributed by atoms with Crippen LogP contribution in [0, 0.1) is 0 Å². The molecule has 0 N–H and O–H groups in total. The summed E-state index contributed by atoms with van der Waals surface area (Å²) in [5.41, 5.74) is 0.997. The molecule has 0 bridgehead atoms. The van der Waals surface area contributed by atoms with Crippen LogP contribution in [0.15, 0.2) is 6.20 Å². The zero-order valence-electron chi connectivity index (χ0n) is 7.03. The Bertz CT molecular complexity index is 226. The highest BCUT2D eigenvalue weighted by Gasteiger charge is 1.97. The monoisotopic (exact) mass is 249 g/mol. The topological polar surface area (TPSA) is 30.7 Å². The van der Waals surface area contributed by atoms with Gasteiger partial charge in [0.2, 0.25) is 0 Å². The minimum atomic E-state index is 0.786. The maximum atomic E-state index is 3.98. The molecule has 0 aliphatic heterocycles. The standard InChI is InChI=1S/C7H12BrN3S/c1-2-12-4-3-11-6-7(5-8)9-10-11/h6H,2-5H2,1H3. The van der Waals surface area contributed by atoms with Crippen molar-refractivity contribution < 1.29 is 0 Å². The van der Waals surface area contributed by atoms with Crippen LogP contribution in [0.1, 0.15) is 12.6 Å². The van der Waals surface area contributed by atoms with E-state index in [4.69, 9.17) is 0 Å². The minimum absolute atomic E-state index is 0.786. The third kappa shape index (κ3) is 3.15. The lowest BCUT2D eigenvalue weighted by molar-refractivity contribution is 0.632. The predicted octanol–water partition coefficient (Wildman–Crippen LogP) is 1.93. The molecule has 3 nitrogen and oxygen atoms in total. The molecule has 0 amide bonds. The molecule has 1 rings (SSSR count). The SMILES string of the molecule is CCSCCn1cc(CBr)nn1. The van der Waals surface area contributed by atoms with Crippen LogP contribution in [-0.2, 0) is 11.9 Å². The van der Waals surface area contributed by atoms with Crippen LogP contribution < -0.4 is 0 Å². The van der Waals surface area contributed by atoms with Gasteiger partial charge in [0, 0.05) is 17.3 Å². The van der Waals surface area contributed by atoms with Crippen molar-refractivity contribution in [1.82, 2.24) is 15.0 Å². The van der Waals surface area contributed by atoms with Crippen molar-refractivity contribution in [3.63, 3.8) is 0 Å². The highest BCUT2D eigenvalue weighted by Crippen LogP contribution is 2.02. The number of rotatable bonds is 5. The highest BCUT2D eigenvalue weighted by molar-refractivity contribution is 9.08. The fraction of sp³-hybridized carbons (Fsp3) is 0.714. The van der Waals surface area contributed by atoms with Crippen molar-refractivity contribution in [2.24, 2.45) is 0 Å². The summed E-state index contributed by atoms with van der Waals surface area (Å²) in [6.07, 6.45) is 1.98. The van der Waals surface area contributed by atoms with Crippen molar-refractivity contribution in [1.29, 1.82) is 0 Å². The van der Waals surface area contributed by atoms with Crippen LogP contribution in [0.25, 0.3) is 0 Å². The van der Waals surface area contributed by atoms with E-state index < -0.39 is 0 Å². The van der Waals surface area contributed by atoms with E-state index in [1.54, 1.807) is 0 Å². The first-order valence-corrected chi connectivity index (χ1v) is 6.17. The molecule has 0 aromatic carbocycles. The molecule has 1 aromatic rings. The van der Waals surface area contributed by atoms with Crippen molar-refractivity contribution in [3.8, 4) is 0 Å². The van der Waals surface area contributed by atoms with Gasteiger partial charge in [0.05, 0.1) is 12.2 Å². The number of alkyl halides is 1. The van der Waals surface area contributed by atoms with Crippen molar-refractivity contribution in [3.05, 3.63) is 11.9 Å². The lowest BCUT2D eigenvalue weighted by atomic mass is 10.5. The molecule has 1 aromatic heterocycles. The average Bonchev–Trinajstić information content (AvgIpc) is 2.53. The molecule has 0 radical (unpaired) electrons. The van der Waals surface area contributed by atoms with Crippen molar-refractivity contribution in [2.45, 2.75) is 18.8 Å². The van der Waals surface area contributed by atoms with Gasteiger partial charge in [-0.3, -0.25) is 4.68 Å². The van der Waals surface area contributed by atoms with Gasteiger partial charge in [-0.2, -0.15) is 11.8 Å². The smallest absolute Gasteiger partial charge is 0.0932 e. The summed E-state index contributed by atoms with van der Waals surface area (Å²) < 4.78 is 1.89. The molecule has 0 spiro atoms. The Kier molecular flexibility index (Phi) is 4.68. The van der Waals surface area contributed by atoms with E-state index in [1.807, 2.05) is 22.6 Å². The number of nitrogens with zero attached hydrogens (tertiary/aromatic N) is 3. The molecular formula is C7H12BrN3S. The Balaban J connectivity index is 2.31. The lowest BCUT2D eigenvalue weighted by Gasteiger charge is -1.97. The summed E-state index contributed by atoms with van der Waals surface area (Å²) in [4.78, 5) is 0. The number of aromatic nitrogens is 3. The summed E-state index contributed by atoms with van der Waals surface area (Å²) in [6.45, 7) is 3.12. The second-order valence-corrected chi connectivity index (χ2v) is 4.26. The van der Waals surface area contributed by atoms with Crippen LogP contribution >= 0.6 is 27.7 Å². The molecule has 68 valence electrons. The quantitative estimate of drug-likeness (QED) is 0.591. The molecule has 0 aliphatic carbocycles. The Morgan fingerprint density at radius 3 is 3.08 bits per heavy atom. The van der Waals surface area contributed by atoms with Gasteiger partial charge in [-0.25, -0.2) is 0 Å². The molecule has 0 unspecified atom stereocenters. The van der Waals surface area contributed by atoms with Gasteiger partial charge in [-0.1, -0.05) is 28.1 Å². The molecule has 0 fully saturated rings. The van der Waals surface area contributed by atoms with Gasteiger partial charge in [-0.15, -0.1) is 5.10 Å². The van der Waals surface area contributed by atoms with Crippen LogP contribution in [-0.4, -0.2) is 26.5 Å². The van der Waals surface area contributed by atoms with Gasteiger partial charge < -0.3 is 0 Å². The summed E-state index contributed by atoms with van der Waals surface area (Å²) >= 11 is 5.25. The number of hydrogen-bond acceptors (Lipinski definition) is 3. The van der Waals surface area contributed by atoms with Gasteiger partial charge in [0.15, 0.2) is 0 Å². The third-order valence-electron chi connectivity index (χ3n) is 1.39. The second-order valence-electron chi connectivity index (χ2n) is 2.30. The Morgan fingerprint density at radius 1 is 1.67 bits per heavy atom. The third-order valence-corrected chi connectivity index (χ3v) is 2.85. The molecule has 0 atom stereocenters. The van der Waals surface area contributed by atoms with E-state index in [9.17, 15) is 0 Å². The maximum absolute atomic E-state index is 3.98. The summed E-state index contributed by atoms with van der Waals surface area (Å²) in [5.74, 6) is 2.28. The maximum Gasteiger partial charge on any atom is 0.0932 e. The first kappa shape index (κ1) is 10.1. The highest BCUT2D eigenvalue weighted by atomic mass is 79.9. The van der Waals surface area contributed by atoms with E-state index in [1.165, 1.54) is 5.75 Å².